The zero-order valence-corrected chi connectivity index (χ0v) is 14.3. The number of benzene rings is 1. The summed E-state index contributed by atoms with van der Waals surface area (Å²) in [6.45, 7) is 1.50. The van der Waals surface area contributed by atoms with Gasteiger partial charge in [0.05, 0.1) is 20.4 Å². The Bertz CT molecular complexity index is 919. The molecule has 0 spiro atoms. The first-order valence-corrected chi connectivity index (χ1v) is 7.45. The van der Waals surface area contributed by atoms with Crippen LogP contribution >= 0.6 is 0 Å². The van der Waals surface area contributed by atoms with Crippen molar-refractivity contribution in [3.8, 4) is 11.5 Å². The highest BCUT2D eigenvalue weighted by atomic mass is 16.5. The number of nitrogens with zero attached hydrogens (tertiary/aromatic N) is 2. The second-order valence-corrected chi connectivity index (χ2v) is 5.04. The summed E-state index contributed by atoms with van der Waals surface area (Å²) in [5.74, 6) is 0.297. The molecule has 4 N–H and O–H groups in total. The lowest BCUT2D eigenvalue weighted by molar-refractivity contribution is -0.121. The molecule has 11 nitrogen and oxygen atoms in total. The fourth-order valence-corrected chi connectivity index (χ4v) is 1.99. The number of carbonyl (C=O) groups excluding carboxylic acids is 1. The quantitative estimate of drug-likeness (QED) is 0.380. The third kappa shape index (κ3) is 4.47. The van der Waals surface area contributed by atoms with Gasteiger partial charge in [-0.05, 0) is 19.1 Å². The number of hydrogen-bond donors (Lipinski definition) is 4. The van der Waals surface area contributed by atoms with Crippen LogP contribution in [0.2, 0.25) is 0 Å². The number of amides is 1. The van der Waals surface area contributed by atoms with Gasteiger partial charge in [0.25, 0.3) is 11.5 Å². The van der Waals surface area contributed by atoms with E-state index in [1.165, 1.54) is 27.4 Å². The summed E-state index contributed by atoms with van der Waals surface area (Å²) in [5.41, 5.74) is 1.45. The van der Waals surface area contributed by atoms with E-state index in [0.717, 1.165) is 0 Å². The molecule has 1 aromatic carbocycles. The van der Waals surface area contributed by atoms with Crippen molar-refractivity contribution in [3.63, 3.8) is 0 Å². The van der Waals surface area contributed by atoms with Gasteiger partial charge in [-0.1, -0.05) is 6.07 Å². The molecule has 2 aromatic rings. The zero-order chi connectivity index (χ0) is 19.1. The van der Waals surface area contributed by atoms with Gasteiger partial charge < -0.3 is 14.8 Å². The lowest BCUT2D eigenvalue weighted by atomic mass is 10.2. The van der Waals surface area contributed by atoms with Crippen LogP contribution in [0.1, 0.15) is 12.5 Å². The number of hydrogen-bond acceptors (Lipinski definition) is 8. The number of methoxy groups -OCH3 is 2. The molecule has 138 valence electrons. The van der Waals surface area contributed by atoms with Crippen LogP contribution in [0.3, 0.4) is 0 Å². The molecule has 26 heavy (non-hydrogen) atoms. The maximum atomic E-state index is 12.0. The van der Waals surface area contributed by atoms with Gasteiger partial charge in [0, 0.05) is 5.56 Å². The van der Waals surface area contributed by atoms with Gasteiger partial charge in [-0.25, -0.2) is 15.3 Å². The molecule has 1 heterocycles. The first kappa shape index (κ1) is 18.7. The van der Waals surface area contributed by atoms with Gasteiger partial charge in [-0.2, -0.15) is 5.10 Å². The summed E-state index contributed by atoms with van der Waals surface area (Å²) in [4.78, 5) is 36.5. The minimum Gasteiger partial charge on any atom is -0.493 e. The van der Waals surface area contributed by atoms with E-state index in [-0.39, 0.29) is 5.82 Å². The standard InChI is InChI=1S/C15H18N6O5/c1-8(17-12-14(23)18-15(24)21-19-12)13(22)20-16-7-9-5-4-6-10(25-2)11(9)26-3/h4-8H,1-3H3,(H,17,19)(H,20,22)(H2,18,21,23,24)/b16-7-/t8-/m0/s1. The van der Waals surface area contributed by atoms with Crippen LogP contribution in [-0.2, 0) is 4.79 Å². The third-order valence-electron chi connectivity index (χ3n) is 3.27. The molecule has 2 rings (SSSR count). The van der Waals surface area contributed by atoms with Crippen LogP contribution in [0.5, 0.6) is 11.5 Å². The number of aromatic amines is 2. The summed E-state index contributed by atoms with van der Waals surface area (Å²) in [7, 11) is 3.01. The van der Waals surface area contributed by atoms with Crippen LogP contribution < -0.4 is 31.5 Å². The minimum absolute atomic E-state index is 0.189. The highest BCUT2D eigenvalue weighted by molar-refractivity contribution is 5.88. The summed E-state index contributed by atoms with van der Waals surface area (Å²) >= 11 is 0. The number of rotatable bonds is 7. The number of para-hydroxylation sites is 1. The Labute approximate surface area is 147 Å². The second-order valence-electron chi connectivity index (χ2n) is 5.04. The number of aromatic nitrogens is 3. The molecule has 0 radical (unpaired) electrons. The maximum absolute atomic E-state index is 12.0. The van der Waals surface area contributed by atoms with Crippen molar-refractivity contribution in [1.82, 2.24) is 20.6 Å². The molecule has 0 bridgehead atoms. The van der Waals surface area contributed by atoms with Gasteiger partial charge in [0.1, 0.15) is 6.04 Å². The maximum Gasteiger partial charge on any atom is 0.342 e. The topological polar surface area (TPSA) is 151 Å². The largest absolute Gasteiger partial charge is 0.493 e. The molecular formula is C15H18N6O5. The van der Waals surface area contributed by atoms with Crippen molar-refractivity contribution in [1.29, 1.82) is 0 Å². The number of carbonyl (C=O) groups is 1. The van der Waals surface area contributed by atoms with Crippen molar-refractivity contribution < 1.29 is 14.3 Å². The van der Waals surface area contributed by atoms with Crippen molar-refractivity contribution in [2.75, 3.05) is 19.5 Å². The zero-order valence-electron chi connectivity index (χ0n) is 14.3. The van der Waals surface area contributed by atoms with Crippen molar-refractivity contribution >= 4 is 17.9 Å². The van der Waals surface area contributed by atoms with Crippen molar-refractivity contribution in [2.24, 2.45) is 5.10 Å². The molecule has 1 atom stereocenters. The molecule has 0 saturated carbocycles. The van der Waals surface area contributed by atoms with E-state index in [4.69, 9.17) is 9.47 Å². The Morgan fingerprint density at radius 1 is 1.31 bits per heavy atom. The van der Waals surface area contributed by atoms with Gasteiger partial charge in [0.15, 0.2) is 11.5 Å². The Morgan fingerprint density at radius 3 is 2.73 bits per heavy atom. The highest BCUT2D eigenvalue weighted by Crippen LogP contribution is 2.29. The molecule has 1 aromatic heterocycles. The van der Waals surface area contributed by atoms with Crippen LogP contribution in [-0.4, -0.2) is 47.6 Å². The van der Waals surface area contributed by atoms with E-state index in [0.29, 0.717) is 17.1 Å². The monoisotopic (exact) mass is 362 g/mol. The average molecular weight is 362 g/mol. The molecule has 0 aliphatic heterocycles. The predicted octanol–water partition coefficient (Wildman–Crippen LogP) is -0.574. The van der Waals surface area contributed by atoms with E-state index in [1.807, 2.05) is 4.98 Å². The smallest absolute Gasteiger partial charge is 0.342 e. The van der Waals surface area contributed by atoms with Crippen LogP contribution in [0.15, 0.2) is 32.9 Å². The van der Waals surface area contributed by atoms with Gasteiger partial charge >= 0.3 is 5.69 Å². The van der Waals surface area contributed by atoms with Gasteiger partial charge in [-0.3, -0.25) is 14.6 Å². The SMILES string of the molecule is COc1cccc(/C=N\NC(=O)[C@H](C)Nc2n[nH]c(=O)[nH]c2=O)c1OC. The van der Waals surface area contributed by atoms with E-state index in [1.54, 1.807) is 18.2 Å². The molecule has 0 saturated heterocycles. The summed E-state index contributed by atoms with van der Waals surface area (Å²) < 4.78 is 10.4. The van der Waals surface area contributed by atoms with E-state index < -0.39 is 23.2 Å². The van der Waals surface area contributed by atoms with Crippen molar-refractivity contribution in [3.05, 3.63) is 44.6 Å². The summed E-state index contributed by atoms with van der Waals surface area (Å²) in [6, 6.07) is 4.39. The lowest BCUT2D eigenvalue weighted by Crippen LogP contribution is -2.38. The first-order valence-electron chi connectivity index (χ1n) is 7.45. The molecule has 11 heteroatoms. The fourth-order valence-electron chi connectivity index (χ4n) is 1.99. The number of hydrazone groups is 1. The Hall–Kier alpha value is -3.63. The molecule has 1 amide bonds. The van der Waals surface area contributed by atoms with E-state index in [9.17, 15) is 14.4 Å². The summed E-state index contributed by atoms with van der Waals surface area (Å²) in [5, 5.41) is 12.0. The number of H-pyrrole nitrogens is 2. The lowest BCUT2D eigenvalue weighted by Gasteiger charge is -2.11. The number of nitrogens with one attached hydrogen (secondary N) is 4. The molecule has 0 aliphatic rings. The van der Waals surface area contributed by atoms with Crippen LogP contribution in [0.4, 0.5) is 5.82 Å². The Balaban J connectivity index is 2.03. The minimum atomic E-state index is -0.834. The Morgan fingerprint density at radius 2 is 2.08 bits per heavy atom. The van der Waals surface area contributed by atoms with Gasteiger partial charge in [-0.15, -0.1) is 5.10 Å². The Kier molecular flexibility index (Phi) is 6.09. The molecule has 0 fully saturated rings. The molecule has 0 aliphatic carbocycles. The van der Waals surface area contributed by atoms with E-state index >= 15 is 0 Å². The molecule has 0 unspecified atom stereocenters. The average Bonchev–Trinajstić information content (AvgIpc) is 2.63. The van der Waals surface area contributed by atoms with Crippen molar-refractivity contribution in [2.45, 2.75) is 13.0 Å². The predicted molar refractivity (Wildman–Crippen MR) is 93.8 cm³/mol. The number of anilines is 1. The second kappa shape index (κ2) is 8.46. The van der Waals surface area contributed by atoms with Gasteiger partial charge in [0.2, 0.25) is 5.82 Å². The normalized spacial score (nSPS) is 11.8. The van der Waals surface area contributed by atoms with Crippen LogP contribution in [0.25, 0.3) is 0 Å². The third-order valence-corrected chi connectivity index (χ3v) is 3.27. The van der Waals surface area contributed by atoms with Crippen LogP contribution in [0, 0.1) is 0 Å². The fraction of sp³-hybridized carbons (Fsp3) is 0.267. The molecular weight excluding hydrogens is 344 g/mol. The first-order chi connectivity index (χ1) is 12.5. The summed E-state index contributed by atoms with van der Waals surface area (Å²) in [6.07, 6.45) is 1.40. The highest BCUT2D eigenvalue weighted by Gasteiger charge is 2.15. The number of ether oxygens (including phenoxy) is 2. The van der Waals surface area contributed by atoms with E-state index in [2.05, 4.69) is 26.0 Å².